The van der Waals surface area contributed by atoms with Gasteiger partial charge in [-0.25, -0.2) is 4.79 Å². The van der Waals surface area contributed by atoms with Gasteiger partial charge in [-0.1, -0.05) is 0 Å². The monoisotopic (exact) mass is 235 g/mol. The predicted molar refractivity (Wildman–Crippen MR) is 67.1 cm³/mol. The molecule has 0 fully saturated rings. The van der Waals surface area contributed by atoms with Crippen LogP contribution >= 0.6 is 0 Å². The van der Waals surface area contributed by atoms with Crippen molar-refractivity contribution in [3.63, 3.8) is 0 Å². The van der Waals surface area contributed by atoms with Gasteiger partial charge in [0.2, 0.25) is 0 Å². The molecule has 0 saturated carbocycles. The van der Waals surface area contributed by atoms with Crippen LogP contribution < -0.4 is 16.4 Å². The quantitative estimate of drug-likeness (QED) is 0.532. The van der Waals surface area contributed by atoms with E-state index in [0.717, 1.165) is 6.42 Å². The molecule has 0 bridgehead atoms. The number of amides is 2. The van der Waals surface area contributed by atoms with Crippen molar-refractivity contribution in [3.05, 3.63) is 29.8 Å². The van der Waals surface area contributed by atoms with E-state index in [1.165, 1.54) is 6.92 Å². The molecule has 1 aromatic carbocycles. The van der Waals surface area contributed by atoms with Gasteiger partial charge in [0.25, 0.3) is 0 Å². The van der Waals surface area contributed by atoms with Crippen LogP contribution in [0.5, 0.6) is 0 Å². The molecule has 0 unspecified atom stereocenters. The van der Waals surface area contributed by atoms with Crippen molar-refractivity contribution in [3.8, 4) is 0 Å². The van der Waals surface area contributed by atoms with Crippen LogP contribution in [-0.4, -0.2) is 24.9 Å². The lowest BCUT2D eigenvalue weighted by atomic mass is 10.1. The number of Topliss-reactive ketones (excluding diaryl/α,β-unsaturated/α-hetero) is 1. The second kappa shape index (κ2) is 6.65. The van der Waals surface area contributed by atoms with Gasteiger partial charge in [0.15, 0.2) is 5.78 Å². The van der Waals surface area contributed by atoms with Crippen molar-refractivity contribution in [2.45, 2.75) is 13.3 Å². The first-order chi connectivity index (χ1) is 8.13. The van der Waals surface area contributed by atoms with Crippen LogP contribution in [0.15, 0.2) is 24.3 Å². The Morgan fingerprint density at radius 3 is 2.41 bits per heavy atom. The average Bonchev–Trinajstić information content (AvgIpc) is 2.30. The zero-order chi connectivity index (χ0) is 12.7. The molecular weight excluding hydrogens is 218 g/mol. The molecule has 0 radical (unpaired) electrons. The van der Waals surface area contributed by atoms with E-state index in [-0.39, 0.29) is 11.8 Å². The lowest BCUT2D eigenvalue weighted by Gasteiger charge is -2.07. The van der Waals surface area contributed by atoms with Crippen LogP contribution in [0.1, 0.15) is 23.7 Å². The summed E-state index contributed by atoms with van der Waals surface area (Å²) in [5.74, 6) is 0.00365. The zero-order valence-corrected chi connectivity index (χ0v) is 9.82. The number of ketones is 1. The highest BCUT2D eigenvalue weighted by atomic mass is 16.2. The van der Waals surface area contributed by atoms with Gasteiger partial charge >= 0.3 is 6.03 Å². The van der Waals surface area contributed by atoms with E-state index < -0.39 is 0 Å². The number of nitrogens with one attached hydrogen (secondary N) is 2. The van der Waals surface area contributed by atoms with Crippen molar-refractivity contribution in [1.29, 1.82) is 0 Å². The molecule has 0 aliphatic carbocycles. The van der Waals surface area contributed by atoms with Gasteiger partial charge in [-0.05, 0) is 44.2 Å². The normalized spacial score (nSPS) is 9.76. The Balaban J connectivity index is 2.46. The Hall–Kier alpha value is -1.88. The van der Waals surface area contributed by atoms with Crippen LogP contribution in [0.3, 0.4) is 0 Å². The third-order valence-corrected chi connectivity index (χ3v) is 2.22. The molecule has 4 N–H and O–H groups in total. The Bertz CT molecular complexity index is 387. The highest BCUT2D eigenvalue weighted by Gasteiger charge is 2.02. The minimum absolute atomic E-state index is 0.00365. The Labute approximate surface area is 100 Å². The minimum Gasteiger partial charge on any atom is -0.338 e. The summed E-state index contributed by atoms with van der Waals surface area (Å²) in [5.41, 5.74) is 6.59. The molecule has 0 heterocycles. The van der Waals surface area contributed by atoms with Crippen molar-refractivity contribution < 1.29 is 9.59 Å². The molecule has 2 amide bonds. The van der Waals surface area contributed by atoms with Crippen LogP contribution in [0.4, 0.5) is 10.5 Å². The largest absolute Gasteiger partial charge is 0.338 e. The van der Waals surface area contributed by atoms with Gasteiger partial charge in [-0.2, -0.15) is 0 Å². The zero-order valence-electron chi connectivity index (χ0n) is 9.82. The van der Waals surface area contributed by atoms with Crippen LogP contribution in [0.2, 0.25) is 0 Å². The first-order valence-corrected chi connectivity index (χ1v) is 5.49. The van der Waals surface area contributed by atoms with E-state index in [1.54, 1.807) is 24.3 Å². The fourth-order valence-electron chi connectivity index (χ4n) is 1.27. The summed E-state index contributed by atoms with van der Waals surface area (Å²) in [6, 6.07) is 6.47. The smallest absolute Gasteiger partial charge is 0.319 e. The molecule has 0 aliphatic heterocycles. The summed E-state index contributed by atoms with van der Waals surface area (Å²) in [6.07, 6.45) is 0.747. The van der Waals surface area contributed by atoms with E-state index in [1.807, 2.05) is 0 Å². The number of carbonyl (C=O) groups is 2. The average molecular weight is 235 g/mol. The standard InChI is InChI=1S/C12H17N3O2/c1-9(16)10-3-5-11(6-4-10)15-12(17)14-8-2-7-13/h3-6H,2,7-8,13H2,1H3,(H2,14,15,17). The van der Waals surface area contributed by atoms with Crippen LogP contribution in [0.25, 0.3) is 0 Å². The summed E-state index contributed by atoms with van der Waals surface area (Å²) < 4.78 is 0. The molecule has 0 atom stereocenters. The maximum Gasteiger partial charge on any atom is 0.319 e. The number of carbonyl (C=O) groups excluding carboxylic acids is 2. The van der Waals surface area contributed by atoms with E-state index >= 15 is 0 Å². The van der Waals surface area contributed by atoms with Crippen molar-refractivity contribution in [2.75, 3.05) is 18.4 Å². The number of anilines is 1. The lowest BCUT2D eigenvalue weighted by molar-refractivity contribution is 0.101. The summed E-state index contributed by atoms with van der Waals surface area (Å²) in [4.78, 5) is 22.4. The molecule has 0 aromatic heterocycles. The molecule has 1 rings (SSSR count). The van der Waals surface area contributed by atoms with Crippen molar-refractivity contribution >= 4 is 17.5 Å². The SMILES string of the molecule is CC(=O)c1ccc(NC(=O)NCCCN)cc1. The van der Waals surface area contributed by atoms with E-state index in [4.69, 9.17) is 5.73 Å². The van der Waals surface area contributed by atoms with Gasteiger partial charge in [-0.3, -0.25) is 4.79 Å². The maximum atomic E-state index is 11.4. The Morgan fingerprint density at radius 2 is 1.88 bits per heavy atom. The summed E-state index contributed by atoms with van der Waals surface area (Å²) in [7, 11) is 0. The molecule has 0 aliphatic rings. The third kappa shape index (κ3) is 4.65. The number of benzene rings is 1. The van der Waals surface area contributed by atoms with Crippen molar-refractivity contribution in [2.24, 2.45) is 5.73 Å². The molecular formula is C12H17N3O2. The van der Waals surface area contributed by atoms with Crippen LogP contribution in [0, 0.1) is 0 Å². The first-order valence-electron chi connectivity index (χ1n) is 5.49. The number of rotatable bonds is 5. The van der Waals surface area contributed by atoms with Gasteiger partial charge < -0.3 is 16.4 Å². The lowest BCUT2D eigenvalue weighted by Crippen LogP contribution is -2.30. The Kier molecular flexibility index (Phi) is 5.16. The van der Waals surface area contributed by atoms with E-state index in [2.05, 4.69) is 10.6 Å². The topological polar surface area (TPSA) is 84.2 Å². The minimum atomic E-state index is -0.269. The highest BCUT2D eigenvalue weighted by molar-refractivity contribution is 5.95. The summed E-state index contributed by atoms with van der Waals surface area (Å²) >= 11 is 0. The van der Waals surface area contributed by atoms with Gasteiger partial charge in [-0.15, -0.1) is 0 Å². The van der Waals surface area contributed by atoms with E-state index in [9.17, 15) is 9.59 Å². The predicted octanol–water partition coefficient (Wildman–Crippen LogP) is 1.36. The van der Waals surface area contributed by atoms with Gasteiger partial charge in [0.05, 0.1) is 0 Å². The second-order valence-electron chi connectivity index (χ2n) is 3.66. The summed E-state index contributed by atoms with van der Waals surface area (Å²) in [5, 5.41) is 5.34. The first kappa shape index (κ1) is 13.2. The van der Waals surface area contributed by atoms with Gasteiger partial charge in [0, 0.05) is 17.8 Å². The molecule has 17 heavy (non-hydrogen) atoms. The number of urea groups is 1. The third-order valence-electron chi connectivity index (χ3n) is 2.22. The molecule has 5 heteroatoms. The fourth-order valence-corrected chi connectivity index (χ4v) is 1.27. The highest BCUT2D eigenvalue weighted by Crippen LogP contribution is 2.09. The molecule has 0 spiro atoms. The molecule has 5 nitrogen and oxygen atoms in total. The molecule has 1 aromatic rings. The number of nitrogens with two attached hydrogens (primary N) is 1. The van der Waals surface area contributed by atoms with Crippen LogP contribution in [-0.2, 0) is 0 Å². The molecule has 92 valence electrons. The molecule has 0 saturated heterocycles. The number of hydrogen-bond donors (Lipinski definition) is 3. The van der Waals surface area contributed by atoms with E-state index in [0.29, 0.717) is 24.3 Å². The van der Waals surface area contributed by atoms with Gasteiger partial charge in [0.1, 0.15) is 0 Å². The summed E-state index contributed by atoms with van der Waals surface area (Å²) in [6.45, 7) is 2.60. The maximum absolute atomic E-state index is 11.4. The second-order valence-corrected chi connectivity index (χ2v) is 3.66. The fraction of sp³-hybridized carbons (Fsp3) is 0.333. The van der Waals surface area contributed by atoms with Crippen molar-refractivity contribution in [1.82, 2.24) is 5.32 Å². The Morgan fingerprint density at radius 1 is 1.24 bits per heavy atom. The number of hydrogen-bond acceptors (Lipinski definition) is 3.